The lowest BCUT2D eigenvalue weighted by atomic mass is 10.0. The summed E-state index contributed by atoms with van der Waals surface area (Å²) in [5.74, 6) is 0.799. The van der Waals surface area contributed by atoms with Gasteiger partial charge < -0.3 is 15.0 Å². The first kappa shape index (κ1) is 19.5. The standard InChI is InChI=1S/C26H24N2O2/c1-30-24-16-14-20(15-17-24)18-28(26(29)27-23-11-3-2-4-12-23)19-22-10-7-9-21-8-5-6-13-25(21)22/h2-17H,18-19H2,1H3,(H,27,29). The molecule has 0 unspecified atom stereocenters. The third kappa shape index (κ3) is 4.61. The number of carbonyl (C=O) groups excluding carboxylic acids is 1. The topological polar surface area (TPSA) is 41.6 Å². The van der Waals surface area contributed by atoms with E-state index in [1.165, 1.54) is 5.39 Å². The Morgan fingerprint density at radius 2 is 1.50 bits per heavy atom. The van der Waals surface area contributed by atoms with Gasteiger partial charge in [0.05, 0.1) is 7.11 Å². The van der Waals surface area contributed by atoms with Crippen molar-refractivity contribution in [3.63, 3.8) is 0 Å². The van der Waals surface area contributed by atoms with Crippen LogP contribution in [0.2, 0.25) is 0 Å². The number of rotatable bonds is 6. The number of hydrogen-bond acceptors (Lipinski definition) is 2. The predicted octanol–water partition coefficient (Wildman–Crippen LogP) is 6.08. The van der Waals surface area contributed by atoms with Gasteiger partial charge in [0.1, 0.15) is 5.75 Å². The van der Waals surface area contributed by atoms with Gasteiger partial charge in [0.15, 0.2) is 0 Å². The number of hydrogen-bond donors (Lipinski definition) is 1. The molecule has 0 saturated carbocycles. The number of para-hydroxylation sites is 1. The third-order valence-electron chi connectivity index (χ3n) is 5.09. The van der Waals surface area contributed by atoms with Crippen molar-refractivity contribution in [3.8, 4) is 5.75 Å². The third-order valence-corrected chi connectivity index (χ3v) is 5.09. The number of anilines is 1. The molecule has 0 spiro atoms. The minimum absolute atomic E-state index is 0.134. The van der Waals surface area contributed by atoms with Gasteiger partial charge in [-0.25, -0.2) is 4.79 Å². The van der Waals surface area contributed by atoms with Crippen molar-refractivity contribution < 1.29 is 9.53 Å². The number of methoxy groups -OCH3 is 1. The SMILES string of the molecule is COc1ccc(CN(Cc2cccc3ccccc23)C(=O)Nc2ccccc2)cc1. The zero-order chi connectivity index (χ0) is 20.8. The Kier molecular flexibility index (Phi) is 5.95. The zero-order valence-electron chi connectivity index (χ0n) is 16.9. The Morgan fingerprint density at radius 1 is 0.800 bits per heavy atom. The number of amides is 2. The molecule has 0 aliphatic rings. The Balaban J connectivity index is 1.62. The van der Waals surface area contributed by atoms with Crippen molar-refractivity contribution in [2.24, 2.45) is 0 Å². The van der Waals surface area contributed by atoms with Crippen LogP contribution >= 0.6 is 0 Å². The molecule has 0 saturated heterocycles. The molecule has 4 rings (SSSR count). The van der Waals surface area contributed by atoms with Crippen LogP contribution in [0.4, 0.5) is 10.5 Å². The van der Waals surface area contributed by atoms with Gasteiger partial charge in [0.25, 0.3) is 0 Å². The molecule has 0 bridgehead atoms. The van der Waals surface area contributed by atoms with Crippen LogP contribution in [0, 0.1) is 0 Å². The maximum absolute atomic E-state index is 13.2. The van der Waals surface area contributed by atoms with Gasteiger partial charge in [-0.15, -0.1) is 0 Å². The summed E-state index contributed by atoms with van der Waals surface area (Å²) >= 11 is 0. The summed E-state index contributed by atoms with van der Waals surface area (Å²) in [5, 5.41) is 5.34. The molecule has 2 amide bonds. The Labute approximate surface area is 176 Å². The molecule has 150 valence electrons. The van der Waals surface area contributed by atoms with Crippen LogP contribution in [0.3, 0.4) is 0 Å². The molecule has 4 aromatic carbocycles. The summed E-state index contributed by atoms with van der Waals surface area (Å²) in [6.07, 6.45) is 0. The molecule has 0 aliphatic carbocycles. The summed E-state index contributed by atoms with van der Waals surface area (Å²) in [6, 6.07) is 31.7. The second kappa shape index (κ2) is 9.14. The van der Waals surface area contributed by atoms with Crippen molar-refractivity contribution in [3.05, 3.63) is 108 Å². The van der Waals surface area contributed by atoms with Gasteiger partial charge in [-0.3, -0.25) is 0 Å². The number of benzene rings is 4. The van der Waals surface area contributed by atoms with E-state index in [1.54, 1.807) is 7.11 Å². The number of ether oxygens (including phenoxy) is 1. The molecule has 4 heteroatoms. The quantitative estimate of drug-likeness (QED) is 0.429. The molecule has 0 radical (unpaired) electrons. The van der Waals surface area contributed by atoms with Crippen molar-refractivity contribution in [1.29, 1.82) is 0 Å². The second-order valence-electron chi connectivity index (χ2n) is 7.14. The van der Waals surface area contributed by atoms with Crippen molar-refractivity contribution >= 4 is 22.5 Å². The van der Waals surface area contributed by atoms with Crippen LogP contribution in [0.15, 0.2) is 97.1 Å². The van der Waals surface area contributed by atoms with Crippen molar-refractivity contribution in [1.82, 2.24) is 4.90 Å². The highest BCUT2D eigenvalue weighted by Crippen LogP contribution is 2.22. The van der Waals surface area contributed by atoms with Crippen LogP contribution in [-0.2, 0) is 13.1 Å². The molecular weight excluding hydrogens is 372 g/mol. The highest BCUT2D eigenvalue weighted by atomic mass is 16.5. The Hall–Kier alpha value is -3.79. The van der Waals surface area contributed by atoms with E-state index < -0.39 is 0 Å². The molecule has 1 N–H and O–H groups in total. The lowest BCUT2D eigenvalue weighted by molar-refractivity contribution is 0.206. The van der Waals surface area contributed by atoms with Crippen molar-refractivity contribution in [2.45, 2.75) is 13.1 Å². The number of nitrogens with zero attached hydrogens (tertiary/aromatic N) is 1. The summed E-state index contributed by atoms with van der Waals surface area (Å²) < 4.78 is 5.25. The monoisotopic (exact) mass is 396 g/mol. The van der Waals surface area contributed by atoms with Crippen LogP contribution in [0.25, 0.3) is 10.8 Å². The van der Waals surface area contributed by atoms with Gasteiger partial charge in [0, 0.05) is 18.8 Å². The van der Waals surface area contributed by atoms with Gasteiger partial charge in [-0.1, -0.05) is 72.8 Å². The van der Waals surface area contributed by atoms with E-state index in [4.69, 9.17) is 4.74 Å². The fraction of sp³-hybridized carbons (Fsp3) is 0.115. The van der Waals surface area contributed by atoms with E-state index in [9.17, 15) is 4.79 Å². The van der Waals surface area contributed by atoms with Crippen LogP contribution in [0.1, 0.15) is 11.1 Å². The minimum atomic E-state index is -0.134. The fourth-order valence-corrected chi connectivity index (χ4v) is 3.51. The minimum Gasteiger partial charge on any atom is -0.497 e. The first-order valence-corrected chi connectivity index (χ1v) is 9.93. The molecule has 0 fully saturated rings. The number of urea groups is 1. The van der Waals surface area contributed by atoms with Crippen molar-refractivity contribution in [2.75, 3.05) is 12.4 Å². The molecule has 30 heavy (non-hydrogen) atoms. The average Bonchev–Trinajstić information content (AvgIpc) is 2.80. The largest absolute Gasteiger partial charge is 0.497 e. The van der Waals surface area contributed by atoms with E-state index in [-0.39, 0.29) is 6.03 Å². The predicted molar refractivity (Wildman–Crippen MR) is 122 cm³/mol. The summed E-state index contributed by atoms with van der Waals surface area (Å²) in [4.78, 5) is 15.0. The normalized spacial score (nSPS) is 10.6. The Bertz CT molecular complexity index is 1120. The smallest absolute Gasteiger partial charge is 0.322 e. The lowest BCUT2D eigenvalue weighted by Crippen LogP contribution is -2.34. The van der Waals surface area contributed by atoms with Gasteiger partial charge in [-0.2, -0.15) is 0 Å². The maximum atomic E-state index is 13.2. The molecule has 0 aliphatic heterocycles. The first-order chi connectivity index (χ1) is 14.7. The van der Waals surface area contributed by atoms with E-state index in [0.717, 1.165) is 28.0 Å². The second-order valence-corrected chi connectivity index (χ2v) is 7.14. The molecule has 0 heterocycles. The zero-order valence-corrected chi connectivity index (χ0v) is 16.9. The summed E-state index contributed by atoms with van der Waals surface area (Å²) in [6.45, 7) is 0.998. The molecule has 0 aromatic heterocycles. The highest BCUT2D eigenvalue weighted by Gasteiger charge is 2.16. The van der Waals surface area contributed by atoms with E-state index in [2.05, 4.69) is 29.6 Å². The average molecular weight is 396 g/mol. The summed E-state index contributed by atoms with van der Waals surface area (Å²) in [5.41, 5.74) is 2.93. The van der Waals surface area contributed by atoms with E-state index >= 15 is 0 Å². The number of nitrogens with one attached hydrogen (secondary N) is 1. The van der Waals surface area contributed by atoms with Gasteiger partial charge in [-0.05, 0) is 46.2 Å². The molecular formula is C26H24N2O2. The highest BCUT2D eigenvalue weighted by molar-refractivity contribution is 5.90. The first-order valence-electron chi connectivity index (χ1n) is 9.93. The molecule has 4 nitrogen and oxygen atoms in total. The fourth-order valence-electron chi connectivity index (χ4n) is 3.51. The van der Waals surface area contributed by atoms with E-state index in [0.29, 0.717) is 13.1 Å². The van der Waals surface area contributed by atoms with E-state index in [1.807, 2.05) is 77.7 Å². The summed E-state index contributed by atoms with van der Waals surface area (Å²) in [7, 11) is 1.65. The Morgan fingerprint density at radius 3 is 2.27 bits per heavy atom. The van der Waals surface area contributed by atoms with Crippen LogP contribution in [0.5, 0.6) is 5.75 Å². The number of carbonyl (C=O) groups is 1. The van der Waals surface area contributed by atoms with Gasteiger partial charge in [0.2, 0.25) is 0 Å². The maximum Gasteiger partial charge on any atom is 0.322 e. The van der Waals surface area contributed by atoms with Gasteiger partial charge >= 0.3 is 6.03 Å². The number of fused-ring (bicyclic) bond motifs is 1. The molecule has 0 atom stereocenters. The molecule has 4 aromatic rings. The van der Waals surface area contributed by atoms with Crippen LogP contribution in [-0.4, -0.2) is 18.0 Å². The van der Waals surface area contributed by atoms with Crippen LogP contribution < -0.4 is 10.1 Å². The lowest BCUT2D eigenvalue weighted by Gasteiger charge is -2.24.